The molecule has 0 saturated carbocycles. The fourth-order valence-electron chi connectivity index (χ4n) is 2.02. The van der Waals surface area contributed by atoms with Crippen molar-refractivity contribution in [3.05, 3.63) is 0 Å². The van der Waals surface area contributed by atoms with Crippen molar-refractivity contribution in [2.75, 3.05) is 39.0 Å². The lowest BCUT2D eigenvalue weighted by Gasteiger charge is -2.23. The van der Waals surface area contributed by atoms with Crippen molar-refractivity contribution in [1.29, 1.82) is 0 Å². The fourth-order valence-corrected chi connectivity index (χ4v) is 3.57. The first kappa shape index (κ1) is 14.9. The third kappa shape index (κ3) is 4.91. The van der Waals surface area contributed by atoms with Crippen molar-refractivity contribution in [3.8, 4) is 0 Å². The standard InChI is InChI=1S/C11H24N2O3S/c1-3-13(10-11-6-4-8-16-11)17(14,15)9-5-7-12-2/h11-12H,3-10H2,1-2H3. The summed E-state index contributed by atoms with van der Waals surface area (Å²) in [6.07, 6.45) is 2.76. The zero-order valence-corrected chi connectivity index (χ0v) is 11.6. The SMILES string of the molecule is CCN(CC1CCCO1)S(=O)(=O)CCCNC. The minimum absolute atomic E-state index is 0.0917. The van der Waals surface area contributed by atoms with Gasteiger partial charge in [-0.05, 0) is 32.9 Å². The normalized spacial score (nSPS) is 21.2. The minimum Gasteiger partial charge on any atom is -0.377 e. The molecule has 1 N–H and O–H groups in total. The number of hydrogen-bond acceptors (Lipinski definition) is 4. The molecule has 0 bridgehead atoms. The molecule has 1 heterocycles. The van der Waals surface area contributed by atoms with E-state index in [1.807, 2.05) is 14.0 Å². The summed E-state index contributed by atoms with van der Waals surface area (Å²) < 4.78 is 31.2. The van der Waals surface area contributed by atoms with Crippen LogP contribution in [0.5, 0.6) is 0 Å². The summed E-state index contributed by atoms with van der Waals surface area (Å²) in [6, 6.07) is 0. The van der Waals surface area contributed by atoms with E-state index >= 15 is 0 Å². The Labute approximate surface area is 105 Å². The summed E-state index contributed by atoms with van der Waals surface area (Å²) in [4.78, 5) is 0. The van der Waals surface area contributed by atoms with Gasteiger partial charge in [0.05, 0.1) is 11.9 Å². The Morgan fingerprint density at radius 3 is 2.76 bits per heavy atom. The topological polar surface area (TPSA) is 58.6 Å². The van der Waals surface area contributed by atoms with Crippen LogP contribution in [0.2, 0.25) is 0 Å². The summed E-state index contributed by atoms with van der Waals surface area (Å²) in [5.74, 6) is 0.217. The Morgan fingerprint density at radius 1 is 1.47 bits per heavy atom. The van der Waals surface area contributed by atoms with Crippen molar-refractivity contribution in [1.82, 2.24) is 9.62 Å². The lowest BCUT2D eigenvalue weighted by atomic mass is 10.2. The molecule has 0 aromatic carbocycles. The van der Waals surface area contributed by atoms with Crippen molar-refractivity contribution in [2.45, 2.75) is 32.3 Å². The summed E-state index contributed by atoms with van der Waals surface area (Å²) in [6.45, 7) is 4.42. The number of hydrogen-bond donors (Lipinski definition) is 1. The van der Waals surface area contributed by atoms with Gasteiger partial charge in [-0.1, -0.05) is 6.92 Å². The van der Waals surface area contributed by atoms with Crippen LogP contribution >= 0.6 is 0 Å². The van der Waals surface area contributed by atoms with Gasteiger partial charge in [-0.25, -0.2) is 8.42 Å². The van der Waals surface area contributed by atoms with E-state index in [0.717, 1.165) is 26.0 Å². The molecule has 1 saturated heterocycles. The highest BCUT2D eigenvalue weighted by Gasteiger charge is 2.25. The third-order valence-corrected chi connectivity index (χ3v) is 5.01. The molecule has 0 spiro atoms. The number of likely N-dealkylation sites (N-methyl/N-ethyl adjacent to an activating group) is 1. The molecule has 0 aromatic rings. The van der Waals surface area contributed by atoms with E-state index in [4.69, 9.17) is 4.74 Å². The molecule has 6 heteroatoms. The van der Waals surface area contributed by atoms with Gasteiger partial charge in [-0.3, -0.25) is 0 Å². The van der Waals surface area contributed by atoms with Crippen molar-refractivity contribution in [2.24, 2.45) is 0 Å². The molecule has 0 aromatic heterocycles. The van der Waals surface area contributed by atoms with Gasteiger partial charge in [0.25, 0.3) is 0 Å². The van der Waals surface area contributed by atoms with Gasteiger partial charge in [0.15, 0.2) is 0 Å². The minimum atomic E-state index is -3.12. The highest BCUT2D eigenvalue weighted by atomic mass is 32.2. The van der Waals surface area contributed by atoms with Gasteiger partial charge in [0.2, 0.25) is 10.0 Å². The molecule has 1 atom stereocenters. The van der Waals surface area contributed by atoms with E-state index < -0.39 is 10.0 Å². The van der Waals surface area contributed by atoms with Crippen LogP contribution in [0, 0.1) is 0 Å². The molecule has 102 valence electrons. The van der Waals surface area contributed by atoms with Gasteiger partial charge in [0, 0.05) is 19.7 Å². The van der Waals surface area contributed by atoms with Crippen LogP contribution in [0.1, 0.15) is 26.2 Å². The monoisotopic (exact) mass is 264 g/mol. The average Bonchev–Trinajstić information content (AvgIpc) is 2.78. The predicted octanol–water partition coefficient (Wildman–Crippen LogP) is 0.427. The van der Waals surface area contributed by atoms with E-state index in [1.165, 1.54) is 0 Å². The molecule has 1 aliphatic rings. The van der Waals surface area contributed by atoms with E-state index in [1.54, 1.807) is 4.31 Å². The number of nitrogens with one attached hydrogen (secondary N) is 1. The van der Waals surface area contributed by atoms with Crippen molar-refractivity contribution < 1.29 is 13.2 Å². The van der Waals surface area contributed by atoms with E-state index in [9.17, 15) is 8.42 Å². The summed E-state index contributed by atoms with van der Waals surface area (Å²) in [5, 5.41) is 2.96. The number of nitrogens with zero attached hydrogens (tertiary/aromatic N) is 1. The first-order valence-corrected chi connectivity index (χ1v) is 7.95. The highest BCUT2D eigenvalue weighted by molar-refractivity contribution is 7.89. The molecular formula is C11H24N2O3S. The van der Waals surface area contributed by atoms with Crippen molar-refractivity contribution in [3.63, 3.8) is 0 Å². The predicted molar refractivity (Wildman–Crippen MR) is 68.6 cm³/mol. The van der Waals surface area contributed by atoms with Gasteiger partial charge in [-0.15, -0.1) is 0 Å². The van der Waals surface area contributed by atoms with Gasteiger partial charge < -0.3 is 10.1 Å². The molecule has 0 aliphatic carbocycles. The lowest BCUT2D eigenvalue weighted by molar-refractivity contribution is 0.0947. The number of rotatable bonds is 8. The Morgan fingerprint density at radius 2 is 2.24 bits per heavy atom. The fraction of sp³-hybridized carbons (Fsp3) is 1.00. The lowest BCUT2D eigenvalue weighted by Crippen LogP contribution is -2.39. The Kier molecular flexibility index (Phi) is 6.40. The largest absolute Gasteiger partial charge is 0.377 e. The van der Waals surface area contributed by atoms with Crippen LogP contribution in [-0.2, 0) is 14.8 Å². The van der Waals surface area contributed by atoms with Crippen LogP contribution in [0.15, 0.2) is 0 Å². The quantitative estimate of drug-likeness (QED) is 0.646. The molecule has 1 aliphatic heterocycles. The summed E-state index contributed by atoms with van der Waals surface area (Å²) >= 11 is 0. The molecule has 1 fully saturated rings. The van der Waals surface area contributed by atoms with Gasteiger partial charge >= 0.3 is 0 Å². The Bertz CT molecular complexity index is 300. The molecule has 0 radical (unpaired) electrons. The van der Waals surface area contributed by atoms with E-state index in [-0.39, 0.29) is 11.9 Å². The first-order chi connectivity index (χ1) is 8.10. The van der Waals surface area contributed by atoms with Crippen LogP contribution in [-0.4, -0.2) is 57.9 Å². The maximum atomic E-state index is 12.1. The molecular weight excluding hydrogens is 240 g/mol. The second kappa shape index (κ2) is 7.31. The molecule has 5 nitrogen and oxygen atoms in total. The molecule has 17 heavy (non-hydrogen) atoms. The van der Waals surface area contributed by atoms with E-state index in [0.29, 0.717) is 19.5 Å². The second-order valence-corrected chi connectivity index (χ2v) is 6.45. The van der Waals surface area contributed by atoms with E-state index in [2.05, 4.69) is 5.32 Å². The average molecular weight is 264 g/mol. The van der Waals surface area contributed by atoms with Crippen molar-refractivity contribution >= 4 is 10.0 Å². The smallest absolute Gasteiger partial charge is 0.214 e. The van der Waals surface area contributed by atoms with Gasteiger partial charge in [0.1, 0.15) is 0 Å². The van der Waals surface area contributed by atoms with Gasteiger partial charge in [-0.2, -0.15) is 4.31 Å². The summed E-state index contributed by atoms with van der Waals surface area (Å²) in [5.41, 5.74) is 0. The van der Waals surface area contributed by atoms with Crippen LogP contribution in [0.25, 0.3) is 0 Å². The third-order valence-electron chi connectivity index (χ3n) is 3.01. The van der Waals surface area contributed by atoms with Crippen LogP contribution < -0.4 is 5.32 Å². The second-order valence-electron chi connectivity index (χ2n) is 4.36. The maximum Gasteiger partial charge on any atom is 0.214 e. The van der Waals surface area contributed by atoms with Crippen LogP contribution in [0.4, 0.5) is 0 Å². The first-order valence-electron chi connectivity index (χ1n) is 6.34. The Balaban J connectivity index is 2.46. The highest BCUT2D eigenvalue weighted by Crippen LogP contribution is 2.15. The molecule has 1 unspecified atom stereocenters. The summed E-state index contributed by atoms with van der Waals surface area (Å²) in [7, 11) is -1.29. The van der Waals surface area contributed by atoms with Crippen LogP contribution in [0.3, 0.4) is 0 Å². The zero-order chi connectivity index (χ0) is 12.7. The number of sulfonamides is 1. The zero-order valence-electron chi connectivity index (χ0n) is 10.8. The molecule has 1 rings (SSSR count). The Hall–Kier alpha value is -0.170. The maximum absolute atomic E-state index is 12.1. The number of ether oxygens (including phenoxy) is 1. The molecule has 0 amide bonds.